The van der Waals surface area contributed by atoms with Crippen molar-refractivity contribution in [3.8, 4) is 45.6 Å². The molecule has 16 nitrogen and oxygen atoms in total. The molecule has 0 bridgehead atoms. The van der Waals surface area contributed by atoms with Gasteiger partial charge in [0.05, 0.1) is 33.0 Å². The molecule has 0 amide bonds. The molecule has 7 rings (SSSR count). The number of hydrogen-bond donors (Lipinski definition) is 6. The molecule has 16 heteroatoms. The van der Waals surface area contributed by atoms with Crippen LogP contribution in [0.5, 0.6) is 34.5 Å². The van der Waals surface area contributed by atoms with Crippen molar-refractivity contribution in [3.05, 3.63) is 35.9 Å². The van der Waals surface area contributed by atoms with Crippen LogP contribution in [0.3, 0.4) is 0 Å². The molecule has 0 unspecified atom stereocenters. The van der Waals surface area contributed by atoms with Gasteiger partial charge in [0.15, 0.2) is 53.5 Å². The fourth-order valence-electron chi connectivity index (χ4n) is 6.30. The Labute approximate surface area is 272 Å². The van der Waals surface area contributed by atoms with E-state index >= 15 is 0 Å². The van der Waals surface area contributed by atoms with Crippen LogP contribution in [0.1, 0.15) is 10.4 Å². The molecule has 0 spiro atoms. The quantitative estimate of drug-likeness (QED) is 0.177. The molecule has 4 aliphatic rings. The molecule has 4 heterocycles. The Balaban J connectivity index is 1.35. The first-order valence-electron chi connectivity index (χ1n) is 15.1. The van der Waals surface area contributed by atoms with Crippen molar-refractivity contribution in [1.29, 1.82) is 0 Å². The lowest BCUT2D eigenvalue weighted by Crippen LogP contribution is -2.63. The largest absolute Gasteiger partial charge is 0.493 e. The van der Waals surface area contributed by atoms with E-state index < -0.39 is 68.5 Å². The first-order chi connectivity index (χ1) is 23.1. The molecular weight excluding hydrogens is 640 g/mol. The third-order valence-electron chi connectivity index (χ3n) is 8.81. The number of aliphatic hydroxyl groups is 6. The van der Waals surface area contributed by atoms with Crippen LogP contribution in [0.15, 0.2) is 30.3 Å². The van der Waals surface area contributed by atoms with Crippen molar-refractivity contribution in [1.82, 2.24) is 0 Å². The predicted molar refractivity (Wildman–Crippen MR) is 159 cm³/mol. The van der Waals surface area contributed by atoms with Gasteiger partial charge in [-0.3, -0.25) is 4.79 Å². The van der Waals surface area contributed by atoms with E-state index in [2.05, 4.69) is 0 Å². The Kier molecular flexibility index (Phi) is 8.69. The second-order valence-corrected chi connectivity index (χ2v) is 11.6. The molecule has 6 N–H and O–H groups in total. The standard InChI is InChI=1S/C32H34O16/c1-40-18-6-13-14(7-19(18)41-2)28(29-23(15(34)9-42-29)22(13)12-3-4-17-20(5-12)45-11-44-17)47-32-30(24(36)16(35)10-43-32)48-31-27(39)26(38)25(37)21(8-33)46-31/h3-7,16,21,24-27,30-33,35-39H,8-11H2,1-2H3/t16-,21+,24-,25+,26+,27+,30-,31+,32-/m0/s1. The summed E-state index contributed by atoms with van der Waals surface area (Å²) in [7, 11) is 2.91. The number of benzene rings is 3. The monoisotopic (exact) mass is 674 g/mol. The molecule has 3 aromatic carbocycles. The van der Waals surface area contributed by atoms with Crippen molar-refractivity contribution in [2.45, 2.75) is 55.3 Å². The molecule has 2 fully saturated rings. The molecule has 258 valence electrons. The zero-order chi connectivity index (χ0) is 33.9. The van der Waals surface area contributed by atoms with Crippen LogP contribution in [0.2, 0.25) is 0 Å². The number of fused-ring (bicyclic) bond motifs is 3. The lowest BCUT2D eigenvalue weighted by Gasteiger charge is -2.44. The fourth-order valence-corrected chi connectivity index (χ4v) is 6.30. The zero-order valence-electron chi connectivity index (χ0n) is 25.7. The number of rotatable bonds is 8. The Bertz CT molecular complexity index is 1710. The van der Waals surface area contributed by atoms with E-state index in [1.54, 1.807) is 30.3 Å². The minimum Gasteiger partial charge on any atom is -0.493 e. The van der Waals surface area contributed by atoms with Crippen LogP contribution < -0.4 is 28.4 Å². The summed E-state index contributed by atoms with van der Waals surface area (Å²) in [5.41, 5.74) is 1.28. The highest BCUT2D eigenvalue weighted by Crippen LogP contribution is 2.52. The maximum absolute atomic E-state index is 13.5. The maximum atomic E-state index is 13.5. The highest BCUT2D eigenvalue weighted by atomic mass is 16.8. The van der Waals surface area contributed by atoms with E-state index in [4.69, 9.17) is 42.6 Å². The zero-order valence-corrected chi connectivity index (χ0v) is 25.7. The lowest BCUT2D eigenvalue weighted by atomic mass is 9.90. The van der Waals surface area contributed by atoms with Crippen LogP contribution >= 0.6 is 0 Å². The highest BCUT2D eigenvalue weighted by molar-refractivity contribution is 6.18. The van der Waals surface area contributed by atoms with Crippen molar-refractivity contribution in [2.75, 3.05) is 40.8 Å². The molecule has 48 heavy (non-hydrogen) atoms. The molecule has 2 saturated heterocycles. The van der Waals surface area contributed by atoms with Crippen LogP contribution in [-0.2, 0) is 14.2 Å². The number of carbonyl (C=O) groups is 1. The number of Topliss-reactive ketones (excluding diaryl/α,β-unsaturated/α-hetero) is 1. The topological polar surface area (TPSA) is 222 Å². The molecule has 4 aliphatic heterocycles. The van der Waals surface area contributed by atoms with Crippen molar-refractivity contribution < 1.29 is 78.1 Å². The normalized spacial score (nSPS) is 31.0. The number of carbonyl (C=O) groups excluding carboxylic acids is 1. The summed E-state index contributed by atoms with van der Waals surface area (Å²) in [6.45, 7) is -1.38. The third-order valence-corrected chi connectivity index (χ3v) is 8.81. The summed E-state index contributed by atoms with van der Waals surface area (Å²) in [4.78, 5) is 13.5. The van der Waals surface area contributed by atoms with Crippen LogP contribution in [-0.4, -0.2) is 133 Å². The van der Waals surface area contributed by atoms with E-state index in [0.29, 0.717) is 44.9 Å². The van der Waals surface area contributed by atoms with Gasteiger partial charge in [0.2, 0.25) is 18.9 Å². The van der Waals surface area contributed by atoms with Gasteiger partial charge < -0.3 is 73.3 Å². The summed E-state index contributed by atoms with van der Waals surface area (Å²) in [6, 6.07) is 8.54. The summed E-state index contributed by atoms with van der Waals surface area (Å²) in [5.74, 6) is 1.40. The van der Waals surface area contributed by atoms with Gasteiger partial charge in [-0.25, -0.2) is 0 Å². The van der Waals surface area contributed by atoms with Crippen LogP contribution in [0.25, 0.3) is 21.9 Å². The Morgan fingerprint density at radius 2 is 1.54 bits per heavy atom. The molecular formula is C32H34O16. The average molecular weight is 675 g/mol. The number of hydrogen-bond acceptors (Lipinski definition) is 16. The SMILES string of the molecule is COc1cc2c(O[C@@H]3OC[C@H](O)[C@H](O)[C@@H]3O[C@H]3O[C@H](CO)[C@@H](O)[C@@H](O)[C@H]3O)c3c(c(-c4ccc5c(c4)OCO5)c2cc1OC)C(=O)CO3. The molecule has 0 aliphatic carbocycles. The van der Waals surface area contributed by atoms with Gasteiger partial charge in [-0.05, 0) is 35.2 Å². The van der Waals surface area contributed by atoms with E-state index in [9.17, 15) is 35.4 Å². The number of ether oxygens (including phenoxy) is 9. The number of ketones is 1. The summed E-state index contributed by atoms with van der Waals surface area (Å²) in [5, 5.41) is 63.1. The van der Waals surface area contributed by atoms with Gasteiger partial charge >= 0.3 is 0 Å². The lowest BCUT2D eigenvalue weighted by molar-refractivity contribution is -0.348. The summed E-state index contributed by atoms with van der Waals surface area (Å²) in [6.07, 6.45) is -14.5. The predicted octanol–water partition coefficient (Wildman–Crippen LogP) is -0.530. The van der Waals surface area contributed by atoms with E-state index in [-0.39, 0.29) is 36.2 Å². The first-order valence-corrected chi connectivity index (χ1v) is 15.1. The second-order valence-electron chi connectivity index (χ2n) is 11.6. The maximum Gasteiger partial charge on any atom is 0.231 e. The van der Waals surface area contributed by atoms with Crippen LogP contribution in [0, 0.1) is 0 Å². The minimum atomic E-state index is -1.82. The highest BCUT2D eigenvalue weighted by Gasteiger charge is 2.49. The fraction of sp³-hybridized carbons (Fsp3) is 0.469. The minimum absolute atomic E-state index is 0.00675. The Morgan fingerprint density at radius 3 is 2.27 bits per heavy atom. The van der Waals surface area contributed by atoms with Gasteiger partial charge in [-0.15, -0.1) is 0 Å². The van der Waals surface area contributed by atoms with Crippen LogP contribution in [0.4, 0.5) is 0 Å². The third kappa shape index (κ3) is 5.35. The van der Waals surface area contributed by atoms with Crippen molar-refractivity contribution >= 4 is 16.6 Å². The molecule has 0 aromatic heterocycles. The number of methoxy groups -OCH3 is 2. The molecule has 9 atom stereocenters. The summed E-state index contributed by atoms with van der Waals surface area (Å²) >= 11 is 0. The molecule has 3 aromatic rings. The van der Waals surface area contributed by atoms with E-state index in [1.807, 2.05) is 0 Å². The van der Waals surface area contributed by atoms with Gasteiger partial charge in [-0.2, -0.15) is 0 Å². The van der Waals surface area contributed by atoms with E-state index in [1.165, 1.54) is 14.2 Å². The summed E-state index contributed by atoms with van der Waals surface area (Å²) < 4.78 is 51.6. The first kappa shape index (κ1) is 32.6. The van der Waals surface area contributed by atoms with E-state index in [0.717, 1.165) is 0 Å². The average Bonchev–Trinajstić information content (AvgIpc) is 3.73. The Morgan fingerprint density at radius 1 is 0.812 bits per heavy atom. The van der Waals surface area contributed by atoms with Crippen molar-refractivity contribution in [2.24, 2.45) is 0 Å². The van der Waals surface area contributed by atoms with Gasteiger partial charge in [0.25, 0.3) is 0 Å². The van der Waals surface area contributed by atoms with Gasteiger partial charge in [0.1, 0.15) is 36.6 Å². The van der Waals surface area contributed by atoms with Gasteiger partial charge in [-0.1, -0.05) is 6.07 Å². The second kappa shape index (κ2) is 12.8. The van der Waals surface area contributed by atoms with Crippen molar-refractivity contribution in [3.63, 3.8) is 0 Å². The smallest absolute Gasteiger partial charge is 0.231 e. The molecule has 0 radical (unpaired) electrons. The Hall–Kier alpha value is -3.97. The molecule has 0 saturated carbocycles. The van der Waals surface area contributed by atoms with Gasteiger partial charge in [0, 0.05) is 10.9 Å². The number of aliphatic hydroxyl groups excluding tert-OH is 6.